The van der Waals surface area contributed by atoms with Crippen LogP contribution in [-0.2, 0) is 36.1 Å². The van der Waals surface area contributed by atoms with Crippen LogP contribution in [0.15, 0.2) is 12.7 Å². The first-order valence-corrected chi connectivity index (χ1v) is 11.1. The number of hydrogen-bond acceptors (Lipinski definition) is 8. The van der Waals surface area contributed by atoms with Gasteiger partial charge in [-0.15, -0.1) is 0 Å². The molecule has 0 radical (unpaired) electrons. The Labute approximate surface area is 141 Å². The van der Waals surface area contributed by atoms with E-state index < -0.39 is 17.6 Å². The summed E-state index contributed by atoms with van der Waals surface area (Å²) in [7, 11) is 4.56. The summed E-state index contributed by atoms with van der Waals surface area (Å²) in [5.41, 5.74) is 0. The predicted molar refractivity (Wildman–Crippen MR) is 90.0 cm³/mol. The van der Waals surface area contributed by atoms with E-state index in [9.17, 15) is 4.79 Å². The Kier molecular flexibility index (Phi) is 14.8. The lowest BCUT2D eigenvalue weighted by Gasteiger charge is -2.22. The Hall–Kier alpha value is -0.596. The van der Waals surface area contributed by atoms with Crippen LogP contribution in [0, 0.1) is 0 Å². The zero-order valence-electron chi connectivity index (χ0n) is 15.2. The third kappa shape index (κ3) is 10.7. The molecule has 138 valence electrons. The molecule has 0 fully saturated rings. The molecule has 0 saturated heterocycles. The Balaban J connectivity index is 0. The Morgan fingerprint density at radius 2 is 1.35 bits per heavy atom. The largest absolute Gasteiger partial charge is 0.678 e. The van der Waals surface area contributed by atoms with Crippen LogP contribution in [0.1, 0.15) is 6.42 Å². The summed E-state index contributed by atoms with van der Waals surface area (Å²) in [6, 6.07) is 0.810. The second kappa shape index (κ2) is 13.8. The summed E-state index contributed by atoms with van der Waals surface area (Å²) in [5.74, 6) is -0.386. The van der Waals surface area contributed by atoms with Gasteiger partial charge in [0.15, 0.2) is 0 Å². The minimum atomic E-state index is -2.69. The first-order valence-electron chi connectivity index (χ1n) is 6.92. The van der Waals surface area contributed by atoms with Gasteiger partial charge in [0.25, 0.3) is 0 Å². The molecule has 0 unspecified atom stereocenters. The third-order valence-corrected chi connectivity index (χ3v) is 8.04. The molecule has 8 nitrogen and oxygen atoms in total. The predicted octanol–water partition coefficient (Wildman–Crippen LogP) is 1.48. The highest BCUT2D eigenvalue weighted by Gasteiger charge is 2.40. The smallest absolute Gasteiger partial charge is 0.463 e. The SMILES string of the molecule is C=CC(=O)OCCC[Si](C)(OC)OC.CO[Si](OC)(OC)OC. The molecule has 0 aliphatic rings. The average molecular weight is 371 g/mol. The number of esters is 1. The molecule has 0 aromatic carbocycles. The van der Waals surface area contributed by atoms with Gasteiger partial charge in [-0.3, -0.25) is 0 Å². The van der Waals surface area contributed by atoms with E-state index in [2.05, 4.69) is 6.58 Å². The van der Waals surface area contributed by atoms with Gasteiger partial charge in [-0.1, -0.05) is 6.58 Å². The summed E-state index contributed by atoms with van der Waals surface area (Å²) < 4.78 is 34.8. The molecule has 0 saturated carbocycles. The van der Waals surface area contributed by atoms with E-state index in [0.717, 1.165) is 18.5 Å². The van der Waals surface area contributed by atoms with Crippen molar-refractivity contribution < 1.29 is 36.1 Å². The van der Waals surface area contributed by atoms with Crippen molar-refractivity contribution in [3.05, 3.63) is 12.7 Å². The molecule has 0 atom stereocenters. The van der Waals surface area contributed by atoms with Crippen LogP contribution in [-0.4, -0.2) is 72.8 Å². The second-order valence-corrected chi connectivity index (χ2v) is 10.6. The Morgan fingerprint density at radius 1 is 0.913 bits per heavy atom. The normalized spacial score (nSPS) is 11.4. The van der Waals surface area contributed by atoms with Gasteiger partial charge in [-0.2, -0.15) is 0 Å². The molecule has 0 bridgehead atoms. The van der Waals surface area contributed by atoms with Gasteiger partial charge < -0.3 is 31.3 Å². The van der Waals surface area contributed by atoms with Crippen molar-refractivity contribution in [1.82, 2.24) is 0 Å². The van der Waals surface area contributed by atoms with E-state index in [0.29, 0.717) is 6.61 Å². The van der Waals surface area contributed by atoms with E-state index in [1.54, 1.807) is 14.2 Å². The molecule has 0 aromatic rings. The lowest BCUT2D eigenvalue weighted by Crippen LogP contribution is -2.45. The summed E-state index contributed by atoms with van der Waals surface area (Å²) in [6.07, 6.45) is 1.91. The summed E-state index contributed by atoms with van der Waals surface area (Å²) in [5, 5.41) is 0. The van der Waals surface area contributed by atoms with Crippen LogP contribution in [0.5, 0.6) is 0 Å². The quantitative estimate of drug-likeness (QED) is 0.234. The van der Waals surface area contributed by atoms with Crippen LogP contribution >= 0.6 is 0 Å². The molecule has 23 heavy (non-hydrogen) atoms. The van der Waals surface area contributed by atoms with Crippen molar-refractivity contribution in [2.75, 3.05) is 49.3 Å². The fourth-order valence-corrected chi connectivity index (χ4v) is 3.77. The van der Waals surface area contributed by atoms with Crippen LogP contribution in [0.2, 0.25) is 12.6 Å². The fourth-order valence-electron chi connectivity index (χ4n) is 1.41. The maximum Gasteiger partial charge on any atom is 0.678 e. The number of carbonyl (C=O) groups excluding carboxylic acids is 1. The van der Waals surface area contributed by atoms with Gasteiger partial charge in [0.1, 0.15) is 0 Å². The van der Waals surface area contributed by atoms with Crippen molar-refractivity contribution in [2.24, 2.45) is 0 Å². The maximum absolute atomic E-state index is 10.7. The molecule has 0 N–H and O–H groups in total. The topological polar surface area (TPSA) is 81.7 Å². The molecular formula is C13H30O8Si2. The van der Waals surface area contributed by atoms with Crippen molar-refractivity contribution in [2.45, 2.75) is 19.0 Å². The standard InChI is InChI=1S/C9H18O4Si.C4H12O4Si/c1-5-9(10)13-7-6-8-14(4,11-2)12-3;1-5-9(6-2,7-3)8-4/h5H,1,6-8H2,2-4H3;1-4H3. The van der Waals surface area contributed by atoms with E-state index in [-0.39, 0.29) is 5.97 Å². The maximum atomic E-state index is 10.7. The van der Waals surface area contributed by atoms with Crippen LogP contribution in [0.3, 0.4) is 0 Å². The number of rotatable bonds is 11. The van der Waals surface area contributed by atoms with E-state index in [4.69, 9.17) is 31.3 Å². The molecule has 10 heteroatoms. The van der Waals surface area contributed by atoms with E-state index >= 15 is 0 Å². The minimum Gasteiger partial charge on any atom is -0.463 e. The summed E-state index contributed by atoms with van der Waals surface area (Å²) in [4.78, 5) is 10.7. The highest BCUT2D eigenvalue weighted by atomic mass is 28.4. The molecule has 0 rings (SSSR count). The fraction of sp³-hybridized carbons (Fsp3) is 0.769. The number of carbonyl (C=O) groups is 1. The molecule has 0 aliphatic heterocycles. The second-order valence-electron chi connectivity index (χ2n) is 4.33. The minimum absolute atomic E-state index is 0.386. The number of ether oxygens (including phenoxy) is 1. The first-order chi connectivity index (χ1) is 10.8. The Bertz CT molecular complexity index is 302. The molecule has 0 spiro atoms. The Morgan fingerprint density at radius 3 is 1.61 bits per heavy atom. The summed E-state index contributed by atoms with van der Waals surface area (Å²) in [6.45, 7) is 5.67. The highest BCUT2D eigenvalue weighted by molar-refractivity contribution is 6.65. The highest BCUT2D eigenvalue weighted by Crippen LogP contribution is 2.13. The van der Waals surface area contributed by atoms with Crippen LogP contribution in [0.4, 0.5) is 0 Å². The van der Waals surface area contributed by atoms with Gasteiger partial charge in [0.2, 0.25) is 0 Å². The molecule has 0 aliphatic carbocycles. The third-order valence-electron chi connectivity index (χ3n) is 3.05. The van der Waals surface area contributed by atoms with Gasteiger partial charge in [0, 0.05) is 48.7 Å². The van der Waals surface area contributed by atoms with Crippen LogP contribution in [0.25, 0.3) is 0 Å². The van der Waals surface area contributed by atoms with E-state index in [1.807, 2.05) is 6.55 Å². The first kappa shape index (κ1) is 24.7. The van der Waals surface area contributed by atoms with Gasteiger partial charge in [-0.25, -0.2) is 4.79 Å². The molecule has 0 amide bonds. The zero-order chi connectivity index (χ0) is 18.4. The van der Waals surface area contributed by atoms with Crippen molar-refractivity contribution in [3.8, 4) is 0 Å². The monoisotopic (exact) mass is 370 g/mol. The van der Waals surface area contributed by atoms with E-state index in [1.165, 1.54) is 28.4 Å². The molecule has 0 aromatic heterocycles. The van der Waals surface area contributed by atoms with Gasteiger partial charge in [-0.05, 0) is 19.0 Å². The molecule has 0 heterocycles. The number of hydrogen-bond donors (Lipinski definition) is 0. The lowest BCUT2D eigenvalue weighted by atomic mass is 10.5. The average Bonchev–Trinajstić information content (AvgIpc) is 2.61. The van der Waals surface area contributed by atoms with Gasteiger partial charge in [0.05, 0.1) is 6.61 Å². The van der Waals surface area contributed by atoms with Crippen LogP contribution < -0.4 is 0 Å². The lowest BCUT2D eigenvalue weighted by molar-refractivity contribution is -0.137. The summed E-state index contributed by atoms with van der Waals surface area (Å²) >= 11 is 0. The van der Waals surface area contributed by atoms with Crippen molar-refractivity contribution >= 4 is 23.6 Å². The van der Waals surface area contributed by atoms with Crippen molar-refractivity contribution in [3.63, 3.8) is 0 Å². The van der Waals surface area contributed by atoms with Crippen molar-refractivity contribution in [1.29, 1.82) is 0 Å². The molecular weight excluding hydrogens is 340 g/mol. The zero-order valence-corrected chi connectivity index (χ0v) is 17.2. The van der Waals surface area contributed by atoms with Gasteiger partial charge >= 0.3 is 23.6 Å².